The van der Waals surface area contributed by atoms with E-state index in [-0.39, 0.29) is 5.75 Å². The van der Waals surface area contributed by atoms with Crippen LogP contribution in [0, 0.1) is 0 Å². The lowest BCUT2D eigenvalue weighted by atomic mass is 10.4. The summed E-state index contributed by atoms with van der Waals surface area (Å²) >= 11 is 0. The van der Waals surface area contributed by atoms with Crippen LogP contribution in [0.4, 0.5) is 11.6 Å². The fraction of sp³-hybridized carbons (Fsp3) is 0.667. The molecule has 0 saturated carbocycles. The van der Waals surface area contributed by atoms with E-state index in [4.69, 9.17) is 9.88 Å². The average molecular weight is 317 g/mol. The molecular weight excluding hydrogens is 294 g/mol. The Hall–Kier alpha value is -1.45. The first-order valence-corrected chi connectivity index (χ1v) is 8.51. The van der Waals surface area contributed by atoms with Crippen LogP contribution in [0.25, 0.3) is 0 Å². The Labute approximate surface area is 125 Å². The van der Waals surface area contributed by atoms with Gasteiger partial charge in [0.25, 0.3) is 0 Å². The van der Waals surface area contributed by atoms with Gasteiger partial charge >= 0.3 is 0 Å². The smallest absolute Gasteiger partial charge is 0.209 e. The van der Waals surface area contributed by atoms with Gasteiger partial charge in [-0.15, -0.1) is 0 Å². The molecule has 0 aliphatic carbocycles. The summed E-state index contributed by atoms with van der Waals surface area (Å²) < 4.78 is 26.7. The van der Waals surface area contributed by atoms with E-state index in [9.17, 15) is 8.42 Å². The lowest BCUT2D eigenvalue weighted by molar-refractivity contribution is 0.178. The van der Waals surface area contributed by atoms with E-state index in [1.54, 1.807) is 13.2 Å². The summed E-state index contributed by atoms with van der Waals surface area (Å²) in [5, 5.41) is 11.2. The van der Waals surface area contributed by atoms with Gasteiger partial charge in [0.05, 0.1) is 5.75 Å². The van der Waals surface area contributed by atoms with E-state index in [0.29, 0.717) is 37.0 Å². The molecule has 0 spiro atoms. The molecular formula is C12H23N5O3S. The molecule has 21 heavy (non-hydrogen) atoms. The quantitative estimate of drug-likeness (QED) is 0.539. The number of anilines is 2. The van der Waals surface area contributed by atoms with Gasteiger partial charge in [0, 0.05) is 26.3 Å². The van der Waals surface area contributed by atoms with Gasteiger partial charge in [0.15, 0.2) is 5.82 Å². The normalized spacial score (nSPS) is 11.4. The SMILES string of the molecule is CCCNc1cc(NCCCS(N)(=O)=O)nc(COC)n1. The maximum atomic E-state index is 10.9. The number of aromatic nitrogens is 2. The van der Waals surface area contributed by atoms with E-state index in [1.807, 2.05) is 0 Å². The molecule has 0 fully saturated rings. The standard InChI is InChI=1S/C12H23N5O3S/c1-3-5-14-10-8-11(17-12(16-10)9-20-2)15-6-4-7-21(13,18)19/h8H,3-7,9H2,1-2H3,(H2,13,18,19)(H2,14,15,16,17). The summed E-state index contributed by atoms with van der Waals surface area (Å²) in [7, 11) is -1.84. The molecule has 0 aromatic carbocycles. The second-order valence-corrected chi connectivity index (χ2v) is 6.30. The zero-order chi connectivity index (χ0) is 15.7. The van der Waals surface area contributed by atoms with Crippen LogP contribution in [-0.4, -0.2) is 44.3 Å². The molecule has 0 bridgehead atoms. The van der Waals surface area contributed by atoms with Crippen molar-refractivity contribution in [3.05, 3.63) is 11.9 Å². The first kappa shape index (κ1) is 17.6. The van der Waals surface area contributed by atoms with Gasteiger partial charge in [0.2, 0.25) is 10.0 Å². The van der Waals surface area contributed by atoms with Crippen LogP contribution < -0.4 is 15.8 Å². The number of sulfonamides is 1. The highest BCUT2D eigenvalue weighted by atomic mass is 32.2. The molecule has 120 valence electrons. The van der Waals surface area contributed by atoms with E-state index in [1.165, 1.54) is 0 Å². The molecule has 0 amide bonds. The number of nitrogens with zero attached hydrogens (tertiary/aromatic N) is 2. The monoisotopic (exact) mass is 317 g/mol. The van der Waals surface area contributed by atoms with Crippen molar-refractivity contribution in [2.75, 3.05) is 36.6 Å². The van der Waals surface area contributed by atoms with Crippen LogP contribution in [-0.2, 0) is 21.4 Å². The zero-order valence-corrected chi connectivity index (χ0v) is 13.2. The summed E-state index contributed by atoms with van der Waals surface area (Å²) in [6.45, 7) is 3.66. The highest BCUT2D eigenvalue weighted by Crippen LogP contribution is 2.12. The highest BCUT2D eigenvalue weighted by Gasteiger charge is 2.06. The summed E-state index contributed by atoms with van der Waals surface area (Å²) in [5.41, 5.74) is 0. The summed E-state index contributed by atoms with van der Waals surface area (Å²) in [6, 6.07) is 1.78. The van der Waals surface area contributed by atoms with Crippen LogP contribution >= 0.6 is 0 Å². The molecule has 0 aliphatic rings. The van der Waals surface area contributed by atoms with E-state index < -0.39 is 10.0 Å². The van der Waals surface area contributed by atoms with Crippen molar-refractivity contribution in [1.29, 1.82) is 0 Å². The van der Waals surface area contributed by atoms with Crippen LogP contribution in [0.3, 0.4) is 0 Å². The molecule has 1 heterocycles. The molecule has 0 atom stereocenters. The number of methoxy groups -OCH3 is 1. The lowest BCUT2D eigenvalue weighted by Gasteiger charge is -2.10. The van der Waals surface area contributed by atoms with E-state index in [2.05, 4.69) is 27.5 Å². The Kier molecular flexibility index (Phi) is 7.34. The number of nitrogens with one attached hydrogen (secondary N) is 2. The zero-order valence-electron chi connectivity index (χ0n) is 12.4. The van der Waals surface area contributed by atoms with Gasteiger partial charge in [-0.25, -0.2) is 23.5 Å². The molecule has 0 unspecified atom stereocenters. The number of primary sulfonamides is 1. The number of rotatable bonds is 10. The Morgan fingerprint density at radius 3 is 2.38 bits per heavy atom. The van der Waals surface area contributed by atoms with Gasteiger partial charge < -0.3 is 15.4 Å². The molecule has 9 heteroatoms. The maximum absolute atomic E-state index is 10.9. The topological polar surface area (TPSA) is 119 Å². The highest BCUT2D eigenvalue weighted by molar-refractivity contribution is 7.89. The van der Waals surface area contributed by atoms with Crippen molar-refractivity contribution in [2.45, 2.75) is 26.4 Å². The molecule has 0 radical (unpaired) electrons. The second kappa shape index (κ2) is 8.75. The number of hydrogen-bond acceptors (Lipinski definition) is 7. The Bertz CT molecular complexity index is 536. The minimum absolute atomic E-state index is 0.0586. The Morgan fingerprint density at radius 1 is 1.24 bits per heavy atom. The second-order valence-electron chi connectivity index (χ2n) is 4.56. The van der Waals surface area contributed by atoms with Crippen LogP contribution in [0.1, 0.15) is 25.6 Å². The van der Waals surface area contributed by atoms with Gasteiger partial charge in [-0.3, -0.25) is 0 Å². The first-order chi connectivity index (χ1) is 9.94. The van der Waals surface area contributed by atoms with Gasteiger partial charge in [0.1, 0.15) is 18.2 Å². The van der Waals surface area contributed by atoms with Crippen molar-refractivity contribution >= 4 is 21.7 Å². The van der Waals surface area contributed by atoms with E-state index in [0.717, 1.165) is 13.0 Å². The minimum Gasteiger partial charge on any atom is -0.377 e. The summed E-state index contributed by atoms with van der Waals surface area (Å²) in [4.78, 5) is 8.62. The molecule has 1 aromatic rings. The molecule has 4 N–H and O–H groups in total. The van der Waals surface area contributed by atoms with Gasteiger partial charge in [-0.1, -0.05) is 6.92 Å². The number of hydrogen-bond donors (Lipinski definition) is 3. The third kappa shape index (κ3) is 7.78. The number of nitrogens with two attached hydrogens (primary N) is 1. The molecule has 1 aromatic heterocycles. The predicted octanol–water partition coefficient (Wildman–Crippen LogP) is 0.535. The lowest BCUT2D eigenvalue weighted by Crippen LogP contribution is -2.19. The maximum Gasteiger partial charge on any atom is 0.209 e. The number of ether oxygens (including phenoxy) is 1. The van der Waals surface area contributed by atoms with Crippen molar-refractivity contribution < 1.29 is 13.2 Å². The molecule has 0 saturated heterocycles. The first-order valence-electron chi connectivity index (χ1n) is 6.79. The van der Waals surface area contributed by atoms with Crippen LogP contribution in [0.15, 0.2) is 6.07 Å². The van der Waals surface area contributed by atoms with E-state index >= 15 is 0 Å². The summed E-state index contributed by atoms with van der Waals surface area (Å²) in [6.07, 6.45) is 1.40. The van der Waals surface area contributed by atoms with Crippen molar-refractivity contribution in [3.63, 3.8) is 0 Å². The fourth-order valence-corrected chi connectivity index (χ4v) is 2.16. The molecule has 0 aliphatic heterocycles. The predicted molar refractivity (Wildman–Crippen MR) is 82.6 cm³/mol. The third-order valence-electron chi connectivity index (χ3n) is 2.51. The average Bonchev–Trinajstić information content (AvgIpc) is 2.41. The Morgan fingerprint density at radius 2 is 1.86 bits per heavy atom. The van der Waals surface area contributed by atoms with Crippen molar-refractivity contribution in [2.24, 2.45) is 5.14 Å². The fourth-order valence-electron chi connectivity index (χ4n) is 1.61. The van der Waals surface area contributed by atoms with Gasteiger partial charge in [-0.05, 0) is 12.8 Å². The Balaban J connectivity index is 2.64. The molecule has 8 nitrogen and oxygen atoms in total. The van der Waals surface area contributed by atoms with Crippen molar-refractivity contribution in [1.82, 2.24) is 9.97 Å². The van der Waals surface area contributed by atoms with Gasteiger partial charge in [-0.2, -0.15) is 0 Å². The molecule has 1 rings (SSSR count). The van der Waals surface area contributed by atoms with Crippen molar-refractivity contribution in [3.8, 4) is 0 Å². The summed E-state index contributed by atoms with van der Waals surface area (Å²) in [5.74, 6) is 1.85. The van der Waals surface area contributed by atoms with Crippen LogP contribution in [0.5, 0.6) is 0 Å². The largest absolute Gasteiger partial charge is 0.377 e. The minimum atomic E-state index is -3.42. The third-order valence-corrected chi connectivity index (χ3v) is 3.37. The van der Waals surface area contributed by atoms with Crippen LogP contribution in [0.2, 0.25) is 0 Å².